The Morgan fingerprint density at radius 1 is 1.19 bits per heavy atom. The lowest BCUT2D eigenvalue weighted by Crippen LogP contribution is -2.33. The van der Waals surface area contributed by atoms with E-state index in [2.05, 4.69) is 5.32 Å². The Balaban J connectivity index is 0.00000261. The van der Waals surface area contributed by atoms with E-state index in [9.17, 15) is 9.59 Å². The molecule has 1 aliphatic rings. The van der Waals surface area contributed by atoms with Crippen LogP contribution < -0.4 is 11.1 Å². The van der Waals surface area contributed by atoms with Gasteiger partial charge in [-0.05, 0) is 30.0 Å². The van der Waals surface area contributed by atoms with E-state index in [0.29, 0.717) is 19.5 Å². The van der Waals surface area contributed by atoms with Crippen molar-refractivity contribution in [2.45, 2.75) is 38.9 Å². The van der Waals surface area contributed by atoms with Crippen molar-refractivity contribution in [3.8, 4) is 0 Å². The number of carbonyl (C=O) groups excluding carboxylic acids is 2. The highest BCUT2D eigenvalue weighted by Gasteiger charge is 2.20. The van der Waals surface area contributed by atoms with E-state index < -0.39 is 6.04 Å². The maximum Gasteiger partial charge on any atom is 0.241 e. The third-order valence-corrected chi connectivity index (χ3v) is 4.72. The molecule has 1 saturated heterocycles. The fourth-order valence-corrected chi connectivity index (χ4v) is 3.15. The van der Waals surface area contributed by atoms with Crippen molar-refractivity contribution in [3.05, 3.63) is 70.8 Å². The number of benzene rings is 2. The van der Waals surface area contributed by atoms with Crippen LogP contribution in [0.2, 0.25) is 0 Å². The number of hydrogen-bond donors (Lipinski definition) is 2. The molecule has 0 saturated carbocycles. The van der Waals surface area contributed by atoms with Crippen molar-refractivity contribution in [2.24, 2.45) is 5.73 Å². The monoisotopic (exact) mass is 387 g/mol. The van der Waals surface area contributed by atoms with Crippen LogP contribution in [0, 0.1) is 6.92 Å². The minimum Gasteiger partial charge on any atom is -0.350 e. The first-order valence-electron chi connectivity index (χ1n) is 8.98. The van der Waals surface area contributed by atoms with Gasteiger partial charge in [0.05, 0.1) is 0 Å². The zero-order chi connectivity index (χ0) is 18.5. The Morgan fingerprint density at radius 2 is 1.89 bits per heavy atom. The molecule has 0 radical (unpaired) electrons. The number of aryl methyl sites for hydroxylation is 1. The second-order valence-electron chi connectivity index (χ2n) is 6.84. The van der Waals surface area contributed by atoms with Gasteiger partial charge in [-0.15, -0.1) is 12.4 Å². The summed E-state index contributed by atoms with van der Waals surface area (Å²) in [5, 5.41) is 2.90. The van der Waals surface area contributed by atoms with Crippen LogP contribution >= 0.6 is 12.4 Å². The van der Waals surface area contributed by atoms with Crippen molar-refractivity contribution >= 4 is 24.2 Å². The Labute approximate surface area is 166 Å². The molecule has 3 rings (SSSR count). The molecule has 0 aliphatic carbocycles. The molecule has 0 spiro atoms. The number of likely N-dealkylation sites (tertiary alicyclic amines) is 1. The average molecular weight is 388 g/mol. The first-order valence-corrected chi connectivity index (χ1v) is 8.98. The van der Waals surface area contributed by atoms with Gasteiger partial charge in [-0.2, -0.15) is 0 Å². The highest BCUT2D eigenvalue weighted by atomic mass is 35.5. The summed E-state index contributed by atoms with van der Waals surface area (Å²) in [5.41, 5.74) is 10.1. The summed E-state index contributed by atoms with van der Waals surface area (Å²) >= 11 is 0. The van der Waals surface area contributed by atoms with Gasteiger partial charge in [0.15, 0.2) is 0 Å². The smallest absolute Gasteiger partial charge is 0.241 e. The van der Waals surface area contributed by atoms with Crippen molar-refractivity contribution in [1.82, 2.24) is 10.2 Å². The molecular formula is C21H26ClN3O2. The molecule has 6 heteroatoms. The molecule has 1 heterocycles. The summed E-state index contributed by atoms with van der Waals surface area (Å²) in [7, 11) is 0. The van der Waals surface area contributed by atoms with Crippen molar-refractivity contribution in [2.75, 3.05) is 6.54 Å². The molecule has 1 atom stereocenters. The molecule has 2 amide bonds. The molecule has 1 aliphatic heterocycles. The molecule has 5 nitrogen and oxygen atoms in total. The summed E-state index contributed by atoms with van der Waals surface area (Å²) < 4.78 is 0. The molecule has 27 heavy (non-hydrogen) atoms. The predicted molar refractivity (Wildman–Crippen MR) is 108 cm³/mol. The van der Waals surface area contributed by atoms with Crippen LogP contribution in [0.1, 0.15) is 41.1 Å². The number of amides is 2. The van der Waals surface area contributed by atoms with Gasteiger partial charge >= 0.3 is 0 Å². The number of nitrogens with two attached hydrogens (primary N) is 1. The van der Waals surface area contributed by atoms with Gasteiger partial charge in [-0.3, -0.25) is 9.59 Å². The summed E-state index contributed by atoms with van der Waals surface area (Å²) in [6.07, 6.45) is 1.58. The van der Waals surface area contributed by atoms with Crippen LogP contribution in [0.25, 0.3) is 0 Å². The van der Waals surface area contributed by atoms with Crippen LogP contribution in [-0.2, 0) is 22.7 Å². The number of carbonyl (C=O) groups is 2. The minimum absolute atomic E-state index is 0. The second-order valence-corrected chi connectivity index (χ2v) is 6.84. The summed E-state index contributed by atoms with van der Waals surface area (Å²) in [4.78, 5) is 26.0. The second kappa shape index (κ2) is 9.53. The molecule has 1 fully saturated rings. The van der Waals surface area contributed by atoms with E-state index in [1.54, 1.807) is 0 Å². The molecule has 0 aromatic heterocycles. The van der Waals surface area contributed by atoms with E-state index in [1.165, 1.54) is 0 Å². The van der Waals surface area contributed by atoms with Crippen LogP contribution in [0.4, 0.5) is 0 Å². The fourth-order valence-electron chi connectivity index (χ4n) is 3.15. The normalized spacial score (nSPS) is 14.6. The largest absolute Gasteiger partial charge is 0.350 e. The van der Waals surface area contributed by atoms with Gasteiger partial charge in [0.25, 0.3) is 0 Å². The van der Waals surface area contributed by atoms with Crippen molar-refractivity contribution in [1.29, 1.82) is 0 Å². The Bertz CT molecular complexity index is 792. The Kier molecular flexibility index (Phi) is 7.39. The molecule has 1 unspecified atom stereocenters. The predicted octanol–water partition coefficient (Wildman–Crippen LogP) is 2.86. The number of nitrogens with one attached hydrogen (secondary N) is 1. The first-order chi connectivity index (χ1) is 12.5. The lowest BCUT2D eigenvalue weighted by molar-refractivity contribution is -0.128. The fraction of sp³-hybridized carbons (Fsp3) is 0.333. The van der Waals surface area contributed by atoms with Crippen LogP contribution in [0.5, 0.6) is 0 Å². The van der Waals surface area contributed by atoms with Crippen LogP contribution in [0.3, 0.4) is 0 Å². The third-order valence-electron chi connectivity index (χ3n) is 4.72. The van der Waals surface area contributed by atoms with E-state index in [-0.39, 0.29) is 24.2 Å². The van der Waals surface area contributed by atoms with E-state index in [0.717, 1.165) is 35.2 Å². The van der Waals surface area contributed by atoms with Crippen LogP contribution in [-0.4, -0.2) is 23.3 Å². The van der Waals surface area contributed by atoms with Crippen molar-refractivity contribution in [3.63, 3.8) is 0 Å². The maximum absolute atomic E-state index is 12.3. The van der Waals surface area contributed by atoms with E-state index in [1.807, 2.05) is 60.4 Å². The lowest BCUT2D eigenvalue weighted by atomic mass is 10.1. The topological polar surface area (TPSA) is 75.4 Å². The number of rotatable bonds is 6. The number of nitrogens with zero attached hydrogens (tertiary/aromatic N) is 1. The Morgan fingerprint density at radius 3 is 2.56 bits per heavy atom. The summed E-state index contributed by atoms with van der Waals surface area (Å²) in [6.45, 7) is 3.87. The molecule has 144 valence electrons. The van der Waals surface area contributed by atoms with Gasteiger partial charge in [-0.1, -0.05) is 54.1 Å². The SMILES string of the molecule is Cc1ccc(C(N)C(=O)NCc2cccc(CN3CCCC3=O)c2)cc1.Cl. The van der Waals surface area contributed by atoms with Crippen LogP contribution in [0.15, 0.2) is 48.5 Å². The van der Waals surface area contributed by atoms with Gasteiger partial charge in [-0.25, -0.2) is 0 Å². The molecular weight excluding hydrogens is 362 g/mol. The van der Waals surface area contributed by atoms with Crippen molar-refractivity contribution < 1.29 is 9.59 Å². The highest BCUT2D eigenvalue weighted by molar-refractivity contribution is 5.85. The Hall–Kier alpha value is -2.37. The quantitative estimate of drug-likeness (QED) is 0.800. The zero-order valence-corrected chi connectivity index (χ0v) is 16.3. The minimum atomic E-state index is -0.680. The maximum atomic E-state index is 12.3. The first kappa shape index (κ1) is 20.9. The molecule has 2 aromatic rings. The number of hydrogen-bond acceptors (Lipinski definition) is 3. The number of halogens is 1. The van der Waals surface area contributed by atoms with E-state index in [4.69, 9.17) is 5.73 Å². The average Bonchev–Trinajstić information content (AvgIpc) is 3.05. The van der Waals surface area contributed by atoms with Gasteiger partial charge in [0.2, 0.25) is 11.8 Å². The molecule has 3 N–H and O–H groups in total. The lowest BCUT2D eigenvalue weighted by Gasteiger charge is -2.16. The highest BCUT2D eigenvalue weighted by Crippen LogP contribution is 2.16. The molecule has 0 bridgehead atoms. The van der Waals surface area contributed by atoms with E-state index >= 15 is 0 Å². The van der Waals surface area contributed by atoms with Gasteiger partial charge < -0.3 is 16.0 Å². The standard InChI is InChI=1S/C21H25N3O2.ClH/c1-15-7-9-18(10-8-15)20(22)21(26)23-13-16-4-2-5-17(12-16)14-24-11-3-6-19(24)25;/h2,4-5,7-10,12,20H,3,6,11,13-14,22H2,1H3,(H,23,26);1H. The molecule has 2 aromatic carbocycles. The third kappa shape index (κ3) is 5.55. The zero-order valence-electron chi connectivity index (χ0n) is 15.5. The summed E-state index contributed by atoms with van der Waals surface area (Å²) in [5.74, 6) is 0.0155. The van der Waals surface area contributed by atoms with Gasteiger partial charge in [0, 0.05) is 26.1 Å². The summed E-state index contributed by atoms with van der Waals surface area (Å²) in [6, 6.07) is 14.9. The van der Waals surface area contributed by atoms with Gasteiger partial charge in [0.1, 0.15) is 6.04 Å².